The molecule has 1 aliphatic heterocycles. The molecule has 1 amide bonds. The molecule has 3 rings (SSSR count). The minimum Gasteiger partial charge on any atom is -0.366 e. The molecule has 1 unspecified atom stereocenters. The molecule has 0 fully saturated rings. The van der Waals surface area contributed by atoms with Gasteiger partial charge in [0.05, 0.1) is 11.4 Å². The standard InChI is InChI=1S/C20H24N2OS/c1-4-21-15(2)13-22(19-8-6-5-7-18(19)21)20(23)17-11-9-16(10-12-17)14-24-3/h5-12,15H,4,13-14H2,1-3H3. The third kappa shape index (κ3) is 3.16. The van der Waals surface area contributed by atoms with Crippen LogP contribution >= 0.6 is 11.8 Å². The molecule has 0 spiro atoms. The van der Waals surface area contributed by atoms with Gasteiger partial charge in [-0.15, -0.1) is 0 Å². The van der Waals surface area contributed by atoms with Gasteiger partial charge in [-0.05, 0) is 49.9 Å². The van der Waals surface area contributed by atoms with Gasteiger partial charge in [0, 0.05) is 30.4 Å². The number of carbonyl (C=O) groups is 1. The highest BCUT2D eigenvalue weighted by Crippen LogP contribution is 2.35. The topological polar surface area (TPSA) is 23.6 Å². The van der Waals surface area contributed by atoms with Gasteiger partial charge >= 0.3 is 0 Å². The number of amides is 1. The lowest BCUT2D eigenvalue weighted by molar-refractivity contribution is 0.0984. The Morgan fingerprint density at radius 2 is 1.79 bits per heavy atom. The molecule has 126 valence electrons. The number of carbonyl (C=O) groups excluding carboxylic acids is 1. The number of para-hydroxylation sites is 2. The molecule has 0 aliphatic carbocycles. The van der Waals surface area contributed by atoms with Crippen molar-refractivity contribution in [1.82, 2.24) is 0 Å². The summed E-state index contributed by atoms with van der Waals surface area (Å²) in [6.45, 7) is 6.01. The second-order valence-electron chi connectivity index (χ2n) is 6.17. The Balaban J connectivity index is 1.92. The molecule has 0 bridgehead atoms. The van der Waals surface area contributed by atoms with E-state index in [1.54, 1.807) is 11.8 Å². The number of anilines is 2. The zero-order valence-corrected chi connectivity index (χ0v) is 15.3. The average molecular weight is 340 g/mol. The predicted octanol–water partition coefficient (Wildman–Crippen LogP) is 4.42. The van der Waals surface area contributed by atoms with E-state index in [4.69, 9.17) is 0 Å². The number of hydrogen-bond donors (Lipinski definition) is 0. The maximum Gasteiger partial charge on any atom is 0.258 e. The van der Waals surface area contributed by atoms with Crippen LogP contribution in [0.2, 0.25) is 0 Å². The molecule has 1 atom stereocenters. The van der Waals surface area contributed by atoms with Crippen molar-refractivity contribution in [3.63, 3.8) is 0 Å². The van der Waals surface area contributed by atoms with Gasteiger partial charge in [-0.3, -0.25) is 4.79 Å². The monoisotopic (exact) mass is 340 g/mol. The van der Waals surface area contributed by atoms with E-state index in [9.17, 15) is 4.79 Å². The SMILES string of the molecule is CCN1c2ccccc2N(C(=O)c2ccc(CSC)cc2)CC1C. The Hall–Kier alpha value is -1.94. The summed E-state index contributed by atoms with van der Waals surface area (Å²) in [4.78, 5) is 17.4. The third-order valence-corrected chi connectivity index (χ3v) is 5.18. The van der Waals surface area contributed by atoms with E-state index in [0.29, 0.717) is 6.04 Å². The third-order valence-electron chi connectivity index (χ3n) is 4.56. The number of nitrogens with zero attached hydrogens (tertiary/aromatic N) is 2. The van der Waals surface area contributed by atoms with E-state index in [0.717, 1.165) is 35.8 Å². The van der Waals surface area contributed by atoms with E-state index in [1.807, 2.05) is 35.2 Å². The lowest BCUT2D eigenvalue weighted by Crippen LogP contribution is -2.49. The van der Waals surface area contributed by atoms with Crippen LogP contribution in [-0.4, -0.2) is 31.3 Å². The van der Waals surface area contributed by atoms with Crippen molar-refractivity contribution in [3.05, 3.63) is 59.7 Å². The predicted molar refractivity (Wildman–Crippen MR) is 104 cm³/mol. The van der Waals surface area contributed by atoms with Crippen molar-refractivity contribution < 1.29 is 4.79 Å². The molecule has 1 heterocycles. The molecule has 2 aromatic rings. The average Bonchev–Trinajstić information content (AvgIpc) is 2.61. The molecule has 0 radical (unpaired) electrons. The Kier molecular flexibility index (Phi) is 5.14. The summed E-state index contributed by atoms with van der Waals surface area (Å²) < 4.78 is 0. The number of likely N-dealkylation sites (N-methyl/N-ethyl adjacent to an activating group) is 1. The minimum atomic E-state index is 0.0840. The van der Waals surface area contributed by atoms with Crippen LogP contribution in [-0.2, 0) is 5.75 Å². The van der Waals surface area contributed by atoms with Crippen molar-refractivity contribution in [2.24, 2.45) is 0 Å². The smallest absolute Gasteiger partial charge is 0.258 e. The molecule has 2 aromatic carbocycles. The maximum atomic E-state index is 13.1. The largest absolute Gasteiger partial charge is 0.366 e. The van der Waals surface area contributed by atoms with Gasteiger partial charge < -0.3 is 9.80 Å². The van der Waals surface area contributed by atoms with Crippen LogP contribution in [0.3, 0.4) is 0 Å². The van der Waals surface area contributed by atoms with Crippen LogP contribution in [0.1, 0.15) is 29.8 Å². The summed E-state index contributed by atoms with van der Waals surface area (Å²) in [6, 6.07) is 16.5. The fourth-order valence-corrected chi connectivity index (χ4v) is 3.90. The van der Waals surface area contributed by atoms with Gasteiger partial charge in [-0.1, -0.05) is 24.3 Å². The number of thioether (sulfide) groups is 1. The molecule has 24 heavy (non-hydrogen) atoms. The zero-order chi connectivity index (χ0) is 17.1. The van der Waals surface area contributed by atoms with Crippen LogP contribution in [0.4, 0.5) is 11.4 Å². The fraction of sp³-hybridized carbons (Fsp3) is 0.350. The first kappa shape index (κ1) is 16.9. The van der Waals surface area contributed by atoms with Crippen molar-refractivity contribution in [3.8, 4) is 0 Å². The van der Waals surface area contributed by atoms with E-state index in [1.165, 1.54) is 5.56 Å². The lowest BCUT2D eigenvalue weighted by atomic mass is 10.1. The molecular formula is C20H24N2OS. The minimum absolute atomic E-state index is 0.0840. The molecular weight excluding hydrogens is 316 g/mol. The second-order valence-corrected chi connectivity index (χ2v) is 7.04. The number of rotatable bonds is 4. The Bertz CT molecular complexity index is 714. The highest BCUT2D eigenvalue weighted by molar-refractivity contribution is 7.97. The van der Waals surface area contributed by atoms with Gasteiger partial charge in [0.25, 0.3) is 5.91 Å². The molecule has 0 N–H and O–H groups in total. The van der Waals surface area contributed by atoms with Gasteiger partial charge in [0.15, 0.2) is 0 Å². The first-order valence-electron chi connectivity index (χ1n) is 8.41. The van der Waals surface area contributed by atoms with E-state index >= 15 is 0 Å². The fourth-order valence-electron chi connectivity index (χ4n) is 3.37. The summed E-state index contributed by atoms with van der Waals surface area (Å²) in [6.07, 6.45) is 2.09. The van der Waals surface area contributed by atoms with Gasteiger partial charge in [-0.25, -0.2) is 0 Å². The molecule has 0 saturated carbocycles. The quantitative estimate of drug-likeness (QED) is 0.823. The van der Waals surface area contributed by atoms with Gasteiger partial charge in [0.1, 0.15) is 0 Å². The first-order chi connectivity index (χ1) is 11.7. The van der Waals surface area contributed by atoms with Crippen LogP contribution in [0.15, 0.2) is 48.5 Å². The van der Waals surface area contributed by atoms with Crippen LogP contribution in [0.5, 0.6) is 0 Å². The highest BCUT2D eigenvalue weighted by Gasteiger charge is 2.30. The van der Waals surface area contributed by atoms with E-state index < -0.39 is 0 Å². The van der Waals surface area contributed by atoms with E-state index in [2.05, 4.69) is 43.2 Å². The van der Waals surface area contributed by atoms with Crippen LogP contribution < -0.4 is 9.80 Å². The van der Waals surface area contributed by atoms with Crippen molar-refractivity contribution in [2.45, 2.75) is 25.6 Å². The maximum absolute atomic E-state index is 13.1. The number of hydrogen-bond acceptors (Lipinski definition) is 3. The van der Waals surface area contributed by atoms with Gasteiger partial charge in [-0.2, -0.15) is 11.8 Å². The van der Waals surface area contributed by atoms with E-state index in [-0.39, 0.29) is 5.91 Å². The Morgan fingerprint density at radius 3 is 2.42 bits per heavy atom. The first-order valence-corrected chi connectivity index (χ1v) is 9.80. The molecule has 1 aliphatic rings. The van der Waals surface area contributed by atoms with Crippen LogP contribution in [0.25, 0.3) is 0 Å². The van der Waals surface area contributed by atoms with Crippen molar-refractivity contribution in [1.29, 1.82) is 0 Å². The normalized spacial score (nSPS) is 16.9. The summed E-state index contributed by atoms with van der Waals surface area (Å²) in [5.74, 6) is 1.06. The Morgan fingerprint density at radius 1 is 1.12 bits per heavy atom. The molecule has 0 aromatic heterocycles. The summed E-state index contributed by atoms with van der Waals surface area (Å²) in [5, 5.41) is 0. The van der Waals surface area contributed by atoms with Crippen molar-refractivity contribution >= 4 is 29.0 Å². The lowest BCUT2D eigenvalue weighted by Gasteiger charge is -2.42. The van der Waals surface area contributed by atoms with Crippen LogP contribution in [0, 0.1) is 0 Å². The summed E-state index contributed by atoms with van der Waals surface area (Å²) in [7, 11) is 0. The second kappa shape index (κ2) is 7.31. The molecule has 4 heteroatoms. The zero-order valence-electron chi connectivity index (χ0n) is 14.5. The number of fused-ring (bicyclic) bond motifs is 1. The highest BCUT2D eigenvalue weighted by atomic mass is 32.2. The summed E-state index contributed by atoms with van der Waals surface area (Å²) in [5.41, 5.74) is 4.16. The number of benzene rings is 2. The molecule has 0 saturated heterocycles. The molecule has 3 nitrogen and oxygen atoms in total. The Labute approximate surface area is 148 Å². The van der Waals surface area contributed by atoms with Crippen molar-refractivity contribution in [2.75, 3.05) is 29.1 Å². The summed E-state index contributed by atoms with van der Waals surface area (Å²) >= 11 is 1.79. The van der Waals surface area contributed by atoms with Gasteiger partial charge in [0.2, 0.25) is 0 Å².